The smallest absolute Gasteiger partial charge is 0.343 e. The fourth-order valence-electron chi connectivity index (χ4n) is 4.81. The highest BCUT2D eigenvalue weighted by Gasteiger charge is 2.45. The van der Waals surface area contributed by atoms with Crippen LogP contribution in [-0.4, -0.2) is 39.8 Å². The Morgan fingerprint density at radius 2 is 2.11 bits per heavy atom. The molecule has 0 saturated carbocycles. The highest BCUT2D eigenvalue weighted by molar-refractivity contribution is 5.89. The van der Waals surface area contributed by atoms with Crippen LogP contribution < -0.4 is 16.6 Å². The molecule has 0 saturated heterocycles. The maximum atomic E-state index is 14.5. The van der Waals surface area contributed by atoms with Crippen LogP contribution in [0.25, 0.3) is 22.3 Å². The van der Waals surface area contributed by atoms with Crippen molar-refractivity contribution in [2.45, 2.75) is 45.6 Å². The summed E-state index contributed by atoms with van der Waals surface area (Å²) in [6.45, 7) is 3.01. The van der Waals surface area contributed by atoms with Crippen LogP contribution >= 0.6 is 0 Å². The monoisotopic (exact) mass is 496 g/mol. The van der Waals surface area contributed by atoms with Crippen LogP contribution in [0.5, 0.6) is 0 Å². The number of aliphatic hydroxyl groups is 1. The zero-order valence-corrected chi connectivity index (χ0v) is 19.8. The average molecular weight is 496 g/mol. The van der Waals surface area contributed by atoms with Gasteiger partial charge in [0.1, 0.15) is 19.2 Å². The Hall–Kier alpha value is -3.67. The quantitative estimate of drug-likeness (QED) is 0.204. The van der Waals surface area contributed by atoms with Gasteiger partial charge in [0.05, 0.1) is 42.2 Å². The lowest BCUT2D eigenvalue weighted by molar-refractivity contribution is -0.172. The van der Waals surface area contributed by atoms with Crippen molar-refractivity contribution >= 4 is 22.8 Å². The molecule has 0 spiro atoms. The maximum absolute atomic E-state index is 14.5. The molecule has 2 aromatic heterocycles. The summed E-state index contributed by atoms with van der Waals surface area (Å²) in [4.78, 5) is 42.0. The molecule has 0 unspecified atom stereocenters. The van der Waals surface area contributed by atoms with Crippen LogP contribution in [-0.2, 0) is 44.4 Å². The number of pyridine rings is 2. The van der Waals surface area contributed by atoms with Gasteiger partial charge in [-0.25, -0.2) is 14.2 Å². The first kappa shape index (κ1) is 24.0. The number of benzene rings is 1. The molecule has 11 heteroatoms. The third-order valence-electron chi connectivity index (χ3n) is 6.89. The van der Waals surface area contributed by atoms with Gasteiger partial charge in [-0.15, -0.1) is 0 Å². The minimum Gasteiger partial charge on any atom is -0.458 e. The van der Waals surface area contributed by atoms with Crippen molar-refractivity contribution in [1.29, 1.82) is 0 Å². The zero-order chi connectivity index (χ0) is 25.8. The number of esters is 1. The first-order chi connectivity index (χ1) is 17.2. The molecule has 5 rings (SSSR count). The van der Waals surface area contributed by atoms with Gasteiger partial charge in [-0.3, -0.25) is 9.59 Å². The fourth-order valence-corrected chi connectivity index (χ4v) is 4.81. The molecule has 4 N–H and O–H groups in total. The van der Waals surface area contributed by atoms with E-state index >= 15 is 0 Å². The Balaban J connectivity index is 1.68. The lowest BCUT2D eigenvalue weighted by Crippen LogP contribution is -2.44. The minimum atomic E-state index is -1.95. The van der Waals surface area contributed by atoms with Gasteiger partial charge in [-0.1, -0.05) is 6.92 Å². The summed E-state index contributed by atoms with van der Waals surface area (Å²) in [5, 5.41) is 14.2. The molecule has 0 bridgehead atoms. The number of carbonyl (C=O) groups is 2. The number of hydrogen-bond donors (Lipinski definition) is 3. The van der Waals surface area contributed by atoms with Crippen LogP contribution in [0.3, 0.4) is 0 Å². The second-order valence-electron chi connectivity index (χ2n) is 8.94. The lowest BCUT2D eigenvalue weighted by atomic mass is 9.86. The normalized spacial score (nSPS) is 18.0. The summed E-state index contributed by atoms with van der Waals surface area (Å²) in [6, 6.07) is 4.60. The second-order valence-corrected chi connectivity index (χ2v) is 8.94. The molecule has 0 aliphatic carbocycles. The van der Waals surface area contributed by atoms with E-state index in [0.717, 1.165) is 0 Å². The molecule has 36 heavy (non-hydrogen) atoms. The molecular formula is C25H25FN4O6. The number of halogens is 1. The Kier molecular flexibility index (Phi) is 5.86. The molecule has 1 atom stereocenters. The summed E-state index contributed by atoms with van der Waals surface area (Å²) in [5.41, 5.74) is 6.41. The summed E-state index contributed by atoms with van der Waals surface area (Å²) < 4.78 is 26.8. The molecule has 2 aliphatic heterocycles. The standard InChI is InChI=1S/C25H25FN4O6/c1-3-25(34)17-5-20-22-14(8-30(20)23(32)16(17)10-36-24(25)33)15(9-35-11-28-21(31)7-27)13-4-12(2)18(26)6-19(13)29-22/h4-6,34H,3,7-11,27H2,1-2H3,(H,28,31)/t25-/m0/s1. The van der Waals surface area contributed by atoms with E-state index in [1.807, 2.05) is 0 Å². The van der Waals surface area contributed by atoms with Gasteiger partial charge in [-0.05, 0) is 36.6 Å². The van der Waals surface area contributed by atoms with Gasteiger partial charge in [0.15, 0.2) is 5.60 Å². The van der Waals surface area contributed by atoms with Crippen molar-refractivity contribution in [3.05, 3.63) is 62.2 Å². The molecule has 2 aliphatic rings. The summed E-state index contributed by atoms with van der Waals surface area (Å²) in [5.74, 6) is -1.61. The third-order valence-corrected chi connectivity index (χ3v) is 6.89. The van der Waals surface area contributed by atoms with Gasteiger partial charge in [0.2, 0.25) is 5.91 Å². The van der Waals surface area contributed by atoms with Gasteiger partial charge in [-0.2, -0.15) is 0 Å². The summed E-state index contributed by atoms with van der Waals surface area (Å²) in [6.07, 6.45) is 0.0256. The number of ether oxygens (including phenoxy) is 2. The van der Waals surface area contributed by atoms with E-state index in [1.54, 1.807) is 26.0 Å². The van der Waals surface area contributed by atoms with E-state index < -0.39 is 22.9 Å². The van der Waals surface area contributed by atoms with Crippen molar-refractivity contribution in [3.8, 4) is 11.4 Å². The number of nitrogens with two attached hydrogens (primary N) is 1. The zero-order valence-electron chi connectivity index (χ0n) is 19.8. The number of aryl methyl sites for hydroxylation is 1. The average Bonchev–Trinajstić information content (AvgIpc) is 3.23. The maximum Gasteiger partial charge on any atom is 0.343 e. The number of amides is 1. The number of rotatable bonds is 6. The van der Waals surface area contributed by atoms with Gasteiger partial charge < -0.3 is 30.2 Å². The number of carbonyl (C=O) groups excluding carboxylic acids is 2. The highest BCUT2D eigenvalue weighted by Crippen LogP contribution is 2.40. The van der Waals surface area contributed by atoms with E-state index in [1.165, 1.54) is 10.6 Å². The Labute approximate surface area is 204 Å². The second kappa shape index (κ2) is 8.77. The van der Waals surface area contributed by atoms with Crippen molar-refractivity contribution in [2.75, 3.05) is 13.3 Å². The van der Waals surface area contributed by atoms with Crippen LogP contribution in [0.4, 0.5) is 4.39 Å². The van der Waals surface area contributed by atoms with Crippen LogP contribution in [0.2, 0.25) is 0 Å². The molecule has 0 radical (unpaired) electrons. The van der Waals surface area contributed by atoms with E-state index in [4.69, 9.17) is 15.2 Å². The van der Waals surface area contributed by atoms with Crippen molar-refractivity contribution < 1.29 is 28.6 Å². The minimum absolute atomic E-state index is 0.0256. The van der Waals surface area contributed by atoms with Crippen molar-refractivity contribution in [1.82, 2.24) is 14.9 Å². The Morgan fingerprint density at radius 3 is 2.83 bits per heavy atom. The first-order valence-electron chi connectivity index (χ1n) is 11.5. The topological polar surface area (TPSA) is 146 Å². The van der Waals surface area contributed by atoms with E-state index in [0.29, 0.717) is 39.0 Å². The summed E-state index contributed by atoms with van der Waals surface area (Å²) in [7, 11) is 0. The SMILES string of the molecule is CC[C@@]1(O)C(=O)OCc2c1cc1n(c2=O)Cc2c-1nc1cc(F)c(C)cc1c2COCNC(=O)CN. The molecule has 1 aromatic carbocycles. The van der Waals surface area contributed by atoms with Gasteiger partial charge in [0, 0.05) is 22.6 Å². The molecule has 3 aromatic rings. The predicted molar refractivity (Wildman–Crippen MR) is 126 cm³/mol. The fraction of sp³-hybridized carbons (Fsp3) is 0.360. The number of fused-ring (bicyclic) bond motifs is 5. The molecule has 188 valence electrons. The first-order valence-corrected chi connectivity index (χ1v) is 11.5. The third kappa shape index (κ3) is 3.58. The molecule has 4 heterocycles. The number of cyclic esters (lactones) is 1. The van der Waals surface area contributed by atoms with E-state index in [2.05, 4.69) is 10.3 Å². The molecule has 0 fully saturated rings. The largest absolute Gasteiger partial charge is 0.458 e. The predicted octanol–water partition coefficient (Wildman–Crippen LogP) is 1.08. The Morgan fingerprint density at radius 1 is 1.33 bits per heavy atom. The Bertz CT molecular complexity index is 1500. The van der Waals surface area contributed by atoms with Gasteiger partial charge >= 0.3 is 5.97 Å². The number of hydrogen-bond acceptors (Lipinski definition) is 8. The lowest BCUT2D eigenvalue weighted by Gasteiger charge is -2.31. The van der Waals surface area contributed by atoms with E-state index in [9.17, 15) is 23.9 Å². The van der Waals surface area contributed by atoms with Crippen LogP contribution in [0.15, 0.2) is 23.0 Å². The molecular weight excluding hydrogens is 471 g/mol. The van der Waals surface area contributed by atoms with Crippen molar-refractivity contribution in [3.63, 3.8) is 0 Å². The van der Waals surface area contributed by atoms with Gasteiger partial charge in [0.25, 0.3) is 5.56 Å². The van der Waals surface area contributed by atoms with Crippen LogP contribution in [0.1, 0.15) is 41.2 Å². The van der Waals surface area contributed by atoms with Crippen LogP contribution in [0, 0.1) is 12.7 Å². The van der Waals surface area contributed by atoms with E-state index in [-0.39, 0.29) is 56.5 Å². The number of aromatic nitrogens is 2. The summed E-state index contributed by atoms with van der Waals surface area (Å²) >= 11 is 0. The van der Waals surface area contributed by atoms with Crippen molar-refractivity contribution in [2.24, 2.45) is 5.73 Å². The number of nitrogens with one attached hydrogen (secondary N) is 1. The molecule has 1 amide bonds. The molecule has 10 nitrogen and oxygen atoms in total. The number of nitrogens with zero attached hydrogens (tertiary/aromatic N) is 2. The highest BCUT2D eigenvalue weighted by atomic mass is 19.1.